The van der Waals surface area contributed by atoms with Crippen molar-refractivity contribution in [2.75, 3.05) is 0 Å². The molecule has 2 aromatic carbocycles. The van der Waals surface area contributed by atoms with E-state index in [1.54, 1.807) is 24.3 Å². The molecule has 0 bridgehead atoms. The molecule has 26 heavy (non-hydrogen) atoms. The number of hydrogen-bond acceptors (Lipinski definition) is 4. The van der Waals surface area contributed by atoms with Gasteiger partial charge in [-0.25, -0.2) is 4.79 Å². The van der Waals surface area contributed by atoms with Crippen molar-refractivity contribution in [2.24, 2.45) is 0 Å². The second kappa shape index (κ2) is 8.06. The number of hydrogen-bond donors (Lipinski definition) is 1. The Labute approximate surface area is 166 Å². The van der Waals surface area contributed by atoms with E-state index in [-0.39, 0.29) is 16.6 Å². The van der Waals surface area contributed by atoms with Gasteiger partial charge in [0.1, 0.15) is 5.75 Å². The number of ether oxygens (including phenoxy) is 1. The third-order valence-corrected chi connectivity index (χ3v) is 6.17. The van der Waals surface area contributed by atoms with Crippen LogP contribution in [0.25, 0.3) is 0 Å². The van der Waals surface area contributed by atoms with Crippen LogP contribution in [-0.2, 0) is 10.1 Å². The van der Waals surface area contributed by atoms with E-state index >= 15 is 0 Å². The summed E-state index contributed by atoms with van der Waals surface area (Å²) >= 11 is 2.12. The molecule has 7 heteroatoms. The first-order chi connectivity index (χ1) is 12.3. The maximum Gasteiger partial charge on any atom is 0.343 e. The van der Waals surface area contributed by atoms with E-state index in [4.69, 9.17) is 4.74 Å². The number of esters is 1. The maximum atomic E-state index is 12.3. The van der Waals surface area contributed by atoms with Crippen LogP contribution in [0.15, 0.2) is 47.4 Å². The topological polar surface area (TPSA) is 80.7 Å². The molecule has 0 heterocycles. The summed E-state index contributed by atoms with van der Waals surface area (Å²) in [5, 5.41) is 0. The van der Waals surface area contributed by atoms with Gasteiger partial charge in [-0.2, -0.15) is 8.42 Å². The molecule has 0 spiro atoms. The van der Waals surface area contributed by atoms with Crippen molar-refractivity contribution in [3.05, 3.63) is 57.2 Å². The van der Waals surface area contributed by atoms with E-state index < -0.39 is 16.1 Å². The predicted molar refractivity (Wildman–Crippen MR) is 106 cm³/mol. The summed E-state index contributed by atoms with van der Waals surface area (Å²) in [4.78, 5) is 12.2. The third kappa shape index (κ3) is 4.63. The molecule has 1 aliphatic rings. The highest BCUT2D eigenvalue weighted by Crippen LogP contribution is 2.37. The highest BCUT2D eigenvalue weighted by molar-refractivity contribution is 14.1. The average Bonchev–Trinajstić information content (AvgIpc) is 2.61. The highest BCUT2D eigenvalue weighted by atomic mass is 127. The van der Waals surface area contributed by atoms with Crippen LogP contribution in [0.2, 0.25) is 0 Å². The molecule has 1 N–H and O–H groups in total. The van der Waals surface area contributed by atoms with Gasteiger partial charge in [-0.05, 0) is 83.3 Å². The molecule has 0 radical (unpaired) electrons. The molecule has 1 saturated carbocycles. The SMILES string of the molecule is O=C(Oc1ccc(S(=O)(=O)O)c(C2CCCCC2)c1)c1cccc(I)c1. The van der Waals surface area contributed by atoms with Crippen LogP contribution >= 0.6 is 22.6 Å². The lowest BCUT2D eigenvalue weighted by molar-refractivity contribution is 0.0734. The van der Waals surface area contributed by atoms with Crippen molar-refractivity contribution in [1.29, 1.82) is 0 Å². The second-order valence-electron chi connectivity index (χ2n) is 6.41. The molecule has 0 unspecified atom stereocenters. The summed E-state index contributed by atoms with van der Waals surface area (Å²) in [7, 11) is -4.33. The summed E-state index contributed by atoms with van der Waals surface area (Å²) in [6.45, 7) is 0. The highest BCUT2D eigenvalue weighted by Gasteiger charge is 2.25. The molecule has 3 rings (SSSR count). The summed E-state index contributed by atoms with van der Waals surface area (Å²) in [6, 6.07) is 11.3. The molecular formula is C19H19IO5S. The van der Waals surface area contributed by atoms with Crippen LogP contribution in [0.1, 0.15) is 53.9 Å². The van der Waals surface area contributed by atoms with Crippen molar-refractivity contribution in [3.63, 3.8) is 0 Å². The van der Waals surface area contributed by atoms with Crippen LogP contribution in [0.5, 0.6) is 5.75 Å². The van der Waals surface area contributed by atoms with Crippen LogP contribution in [0.4, 0.5) is 0 Å². The van der Waals surface area contributed by atoms with Crippen molar-refractivity contribution >= 4 is 38.7 Å². The number of carbonyl (C=O) groups excluding carboxylic acids is 1. The summed E-state index contributed by atoms with van der Waals surface area (Å²) < 4.78 is 39.4. The Morgan fingerprint density at radius 2 is 1.81 bits per heavy atom. The van der Waals surface area contributed by atoms with E-state index in [1.807, 2.05) is 6.07 Å². The van der Waals surface area contributed by atoms with Gasteiger partial charge in [0.25, 0.3) is 10.1 Å². The van der Waals surface area contributed by atoms with Crippen molar-refractivity contribution in [3.8, 4) is 5.75 Å². The first-order valence-electron chi connectivity index (χ1n) is 8.44. The number of benzene rings is 2. The number of rotatable bonds is 4. The Morgan fingerprint density at radius 3 is 2.46 bits per heavy atom. The van der Waals surface area contributed by atoms with Gasteiger partial charge in [0, 0.05) is 3.57 Å². The van der Waals surface area contributed by atoms with Gasteiger partial charge in [-0.3, -0.25) is 4.55 Å². The molecular weight excluding hydrogens is 467 g/mol. The second-order valence-corrected chi connectivity index (χ2v) is 9.05. The molecule has 0 amide bonds. The summed E-state index contributed by atoms with van der Waals surface area (Å²) in [5.74, 6) is -0.184. The third-order valence-electron chi connectivity index (χ3n) is 4.58. The molecule has 0 aliphatic heterocycles. The lowest BCUT2D eigenvalue weighted by Crippen LogP contribution is -2.13. The van der Waals surface area contributed by atoms with Crippen LogP contribution in [0.3, 0.4) is 0 Å². The monoisotopic (exact) mass is 486 g/mol. The van der Waals surface area contributed by atoms with Crippen molar-refractivity contribution in [2.45, 2.75) is 42.9 Å². The number of halogens is 1. The van der Waals surface area contributed by atoms with Gasteiger partial charge >= 0.3 is 5.97 Å². The first kappa shape index (κ1) is 19.3. The van der Waals surface area contributed by atoms with Gasteiger partial charge in [0.15, 0.2) is 0 Å². The molecule has 1 fully saturated rings. The minimum absolute atomic E-state index is 0.0389. The fraction of sp³-hybridized carbons (Fsp3) is 0.316. The van der Waals surface area contributed by atoms with Crippen LogP contribution < -0.4 is 4.74 Å². The standard InChI is InChI=1S/C19H19IO5S/c20-15-8-4-7-14(11-15)19(21)25-16-9-10-18(26(22,23)24)17(12-16)13-5-2-1-3-6-13/h4,7-13H,1-3,5-6H2,(H,22,23,24). The smallest absolute Gasteiger partial charge is 0.343 e. The largest absolute Gasteiger partial charge is 0.423 e. The van der Waals surface area contributed by atoms with Gasteiger partial charge in [0.05, 0.1) is 10.5 Å². The molecule has 0 saturated heterocycles. The minimum Gasteiger partial charge on any atom is -0.423 e. The summed E-state index contributed by atoms with van der Waals surface area (Å²) in [6.07, 6.45) is 4.87. The van der Waals surface area contributed by atoms with E-state index in [9.17, 15) is 17.8 Å². The normalized spacial score (nSPS) is 15.6. The van der Waals surface area contributed by atoms with Gasteiger partial charge in [-0.1, -0.05) is 25.3 Å². The molecule has 2 aromatic rings. The summed E-state index contributed by atoms with van der Waals surface area (Å²) in [5.41, 5.74) is 0.954. The number of carbonyl (C=O) groups is 1. The Balaban J connectivity index is 1.92. The Bertz CT molecular complexity index is 917. The molecule has 0 aromatic heterocycles. The Kier molecular flexibility index (Phi) is 5.99. The van der Waals surface area contributed by atoms with Gasteiger partial charge in [-0.15, -0.1) is 0 Å². The predicted octanol–water partition coefficient (Wildman–Crippen LogP) is 4.80. The van der Waals surface area contributed by atoms with E-state index in [2.05, 4.69) is 22.6 Å². The Morgan fingerprint density at radius 1 is 1.08 bits per heavy atom. The zero-order valence-corrected chi connectivity index (χ0v) is 17.0. The van der Waals surface area contributed by atoms with Gasteiger partial charge in [0.2, 0.25) is 0 Å². The van der Waals surface area contributed by atoms with E-state index in [1.165, 1.54) is 12.1 Å². The van der Waals surface area contributed by atoms with Crippen LogP contribution in [-0.4, -0.2) is 18.9 Å². The molecule has 1 aliphatic carbocycles. The average molecular weight is 486 g/mol. The van der Waals surface area contributed by atoms with E-state index in [0.717, 1.165) is 35.7 Å². The van der Waals surface area contributed by atoms with Gasteiger partial charge < -0.3 is 4.74 Å². The fourth-order valence-electron chi connectivity index (χ4n) is 3.34. The first-order valence-corrected chi connectivity index (χ1v) is 11.0. The fourth-order valence-corrected chi connectivity index (χ4v) is 4.65. The maximum absolute atomic E-state index is 12.3. The molecule has 0 atom stereocenters. The zero-order valence-electron chi connectivity index (χ0n) is 14.0. The lowest BCUT2D eigenvalue weighted by Gasteiger charge is -2.24. The van der Waals surface area contributed by atoms with E-state index in [0.29, 0.717) is 11.1 Å². The molecule has 5 nitrogen and oxygen atoms in total. The zero-order chi connectivity index (χ0) is 18.7. The lowest BCUT2D eigenvalue weighted by atomic mass is 9.84. The Hall–Kier alpha value is -1.45. The quantitative estimate of drug-likeness (QED) is 0.291. The van der Waals surface area contributed by atoms with Crippen molar-refractivity contribution < 1.29 is 22.5 Å². The minimum atomic E-state index is -4.33. The van der Waals surface area contributed by atoms with Crippen LogP contribution in [0, 0.1) is 3.57 Å². The van der Waals surface area contributed by atoms with Crippen molar-refractivity contribution in [1.82, 2.24) is 0 Å². The molecule has 138 valence electrons.